The number of imidazole rings is 1. The number of fused-ring (bicyclic) bond motifs is 3. The number of hydrogen-bond acceptors (Lipinski definition) is 1. The van der Waals surface area contributed by atoms with Gasteiger partial charge in [-0.3, -0.25) is 4.57 Å². The molecule has 2 aromatic heterocycles. The molecule has 0 radical (unpaired) electrons. The van der Waals surface area contributed by atoms with E-state index < -0.39 is 5.67 Å². The number of aromatic nitrogens is 3. The fourth-order valence-electron chi connectivity index (χ4n) is 6.10. The van der Waals surface area contributed by atoms with Crippen LogP contribution in [0, 0.1) is 27.7 Å². The Labute approximate surface area is 229 Å². The third kappa shape index (κ3) is 4.06. The molecule has 1 atom stereocenters. The first-order chi connectivity index (χ1) is 18.7. The summed E-state index contributed by atoms with van der Waals surface area (Å²) < 4.78 is 20.9. The van der Waals surface area contributed by atoms with Gasteiger partial charge in [-0.1, -0.05) is 55.0 Å². The van der Waals surface area contributed by atoms with E-state index in [1.165, 1.54) is 22.3 Å². The minimum atomic E-state index is -1.54. The van der Waals surface area contributed by atoms with Gasteiger partial charge in [-0.15, -0.1) is 0 Å². The Morgan fingerprint density at radius 2 is 1.54 bits per heavy atom. The lowest BCUT2D eigenvalue weighted by atomic mass is 9.89. The van der Waals surface area contributed by atoms with E-state index in [0.29, 0.717) is 12.0 Å². The highest BCUT2D eigenvalue weighted by atomic mass is 19.1. The lowest BCUT2D eigenvalue weighted by Crippen LogP contribution is -2.16. The molecule has 0 saturated carbocycles. The molecule has 0 saturated heterocycles. The van der Waals surface area contributed by atoms with Gasteiger partial charge in [-0.05, 0) is 88.1 Å². The summed E-state index contributed by atoms with van der Waals surface area (Å²) >= 11 is 0. The highest BCUT2D eigenvalue weighted by Gasteiger charge is 2.30. The molecule has 6 rings (SSSR count). The zero-order valence-corrected chi connectivity index (χ0v) is 23.5. The lowest BCUT2D eigenvalue weighted by Gasteiger charge is -2.24. The quantitative estimate of drug-likeness (QED) is 0.224. The number of para-hydroxylation sites is 1. The molecule has 39 heavy (non-hydrogen) atoms. The van der Waals surface area contributed by atoms with Gasteiger partial charge < -0.3 is 4.57 Å². The van der Waals surface area contributed by atoms with E-state index in [2.05, 4.69) is 110 Å². The Morgan fingerprint density at radius 1 is 0.795 bits per heavy atom. The van der Waals surface area contributed by atoms with Crippen molar-refractivity contribution in [3.63, 3.8) is 0 Å². The number of alkyl halides is 1. The van der Waals surface area contributed by atoms with Crippen LogP contribution in [0.4, 0.5) is 4.39 Å². The molecule has 2 heterocycles. The molecule has 1 unspecified atom stereocenters. The molecule has 0 aliphatic heterocycles. The van der Waals surface area contributed by atoms with E-state index in [0.717, 1.165) is 44.6 Å². The number of hydrogen-bond donors (Lipinski definition) is 0. The summed E-state index contributed by atoms with van der Waals surface area (Å²) in [5, 5.41) is 2.23. The van der Waals surface area contributed by atoms with Crippen LogP contribution in [0.3, 0.4) is 0 Å². The Balaban J connectivity index is 1.72. The molecule has 0 aliphatic rings. The minimum absolute atomic E-state index is 0.361. The molecule has 4 aromatic carbocycles. The number of nitrogens with zero attached hydrogens (tertiary/aromatic N) is 3. The van der Waals surface area contributed by atoms with Gasteiger partial charge in [0.2, 0.25) is 0 Å². The fourth-order valence-corrected chi connectivity index (χ4v) is 6.10. The first-order valence-electron chi connectivity index (χ1n) is 13.6. The van der Waals surface area contributed by atoms with Crippen molar-refractivity contribution in [3.8, 4) is 22.8 Å². The van der Waals surface area contributed by atoms with Gasteiger partial charge in [0.1, 0.15) is 11.5 Å². The molecule has 0 amide bonds. The van der Waals surface area contributed by atoms with Gasteiger partial charge in [0.25, 0.3) is 0 Å². The number of halogens is 1. The Hall–Kier alpha value is -4.18. The summed E-state index contributed by atoms with van der Waals surface area (Å²) in [5.41, 5.74) is 8.97. The standard InChI is InChI=1S/C35H34FN3/c1-7-35(6,36)30-21-32-28(27-13-8-9-14-31(27)39(32)26-12-10-11-22(2)19-26)20-29(30)34-37-15-16-38(34)33-24(4)17-23(3)18-25(33)5/h8-21H,7H2,1-6H3. The Kier molecular flexibility index (Phi) is 5.95. The van der Waals surface area contributed by atoms with Gasteiger partial charge in [0, 0.05) is 40.0 Å². The van der Waals surface area contributed by atoms with E-state index in [-0.39, 0.29) is 0 Å². The monoisotopic (exact) mass is 515 g/mol. The van der Waals surface area contributed by atoms with Gasteiger partial charge >= 0.3 is 0 Å². The maximum absolute atomic E-state index is 16.5. The highest BCUT2D eigenvalue weighted by molar-refractivity contribution is 6.10. The molecule has 0 N–H and O–H groups in total. The first kappa shape index (κ1) is 25.1. The van der Waals surface area contributed by atoms with Crippen LogP contribution in [0.15, 0.2) is 85.2 Å². The number of benzene rings is 4. The molecular weight excluding hydrogens is 481 g/mol. The highest BCUT2D eigenvalue weighted by Crippen LogP contribution is 2.43. The molecular formula is C35H34FN3. The van der Waals surface area contributed by atoms with E-state index in [4.69, 9.17) is 4.98 Å². The summed E-state index contributed by atoms with van der Waals surface area (Å²) in [4.78, 5) is 4.83. The van der Waals surface area contributed by atoms with Crippen LogP contribution in [-0.4, -0.2) is 14.1 Å². The Morgan fingerprint density at radius 3 is 2.26 bits per heavy atom. The summed E-state index contributed by atoms with van der Waals surface area (Å²) in [6.07, 6.45) is 4.17. The second kappa shape index (κ2) is 9.23. The fraction of sp³-hybridized carbons (Fsp3) is 0.229. The second-order valence-electron chi connectivity index (χ2n) is 11.0. The van der Waals surface area contributed by atoms with Crippen molar-refractivity contribution in [3.05, 3.63) is 113 Å². The van der Waals surface area contributed by atoms with E-state index in [9.17, 15) is 0 Å². The van der Waals surface area contributed by atoms with Crippen LogP contribution >= 0.6 is 0 Å². The zero-order chi connectivity index (χ0) is 27.5. The van der Waals surface area contributed by atoms with Crippen LogP contribution in [-0.2, 0) is 5.67 Å². The van der Waals surface area contributed by atoms with E-state index in [1.54, 1.807) is 6.92 Å². The molecule has 0 bridgehead atoms. The third-order valence-corrected chi connectivity index (χ3v) is 8.06. The molecule has 0 aliphatic carbocycles. The third-order valence-electron chi connectivity index (χ3n) is 8.06. The molecule has 196 valence electrons. The van der Waals surface area contributed by atoms with Crippen LogP contribution in [0.2, 0.25) is 0 Å². The number of aryl methyl sites for hydroxylation is 4. The van der Waals surface area contributed by atoms with Crippen LogP contribution < -0.4 is 0 Å². The maximum atomic E-state index is 16.5. The van der Waals surface area contributed by atoms with Crippen LogP contribution in [0.5, 0.6) is 0 Å². The number of rotatable bonds is 5. The van der Waals surface area contributed by atoms with E-state index in [1.807, 2.05) is 19.3 Å². The molecule has 0 spiro atoms. The largest absolute Gasteiger partial charge is 0.309 e. The minimum Gasteiger partial charge on any atom is -0.309 e. The van der Waals surface area contributed by atoms with Crippen molar-refractivity contribution in [2.45, 2.75) is 53.6 Å². The van der Waals surface area contributed by atoms with Crippen molar-refractivity contribution in [2.75, 3.05) is 0 Å². The van der Waals surface area contributed by atoms with Crippen LogP contribution in [0.25, 0.3) is 44.6 Å². The second-order valence-corrected chi connectivity index (χ2v) is 11.0. The van der Waals surface area contributed by atoms with Crippen molar-refractivity contribution in [2.24, 2.45) is 0 Å². The van der Waals surface area contributed by atoms with Gasteiger partial charge in [-0.25, -0.2) is 9.37 Å². The summed E-state index contributed by atoms with van der Waals surface area (Å²) in [7, 11) is 0. The molecule has 4 heteroatoms. The maximum Gasteiger partial charge on any atom is 0.144 e. The molecule has 3 nitrogen and oxygen atoms in total. The van der Waals surface area contributed by atoms with Gasteiger partial charge in [-0.2, -0.15) is 0 Å². The normalized spacial score (nSPS) is 13.3. The average molecular weight is 516 g/mol. The van der Waals surface area contributed by atoms with Crippen molar-refractivity contribution >= 4 is 21.8 Å². The van der Waals surface area contributed by atoms with Crippen molar-refractivity contribution < 1.29 is 4.39 Å². The summed E-state index contributed by atoms with van der Waals surface area (Å²) in [6.45, 7) is 12.1. The molecule has 6 aromatic rings. The zero-order valence-electron chi connectivity index (χ0n) is 23.5. The summed E-state index contributed by atoms with van der Waals surface area (Å²) in [5.74, 6) is 0.756. The lowest BCUT2D eigenvalue weighted by molar-refractivity contribution is 0.186. The average Bonchev–Trinajstić information content (AvgIpc) is 3.50. The smallest absolute Gasteiger partial charge is 0.144 e. The van der Waals surface area contributed by atoms with Crippen molar-refractivity contribution in [1.82, 2.24) is 14.1 Å². The Bertz CT molecular complexity index is 1850. The van der Waals surface area contributed by atoms with Crippen molar-refractivity contribution in [1.29, 1.82) is 0 Å². The predicted octanol–water partition coefficient (Wildman–Crippen LogP) is 9.46. The van der Waals surface area contributed by atoms with Gasteiger partial charge in [0.05, 0.1) is 16.7 Å². The predicted molar refractivity (Wildman–Crippen MR) is 161 cm³/mol. The summed E-state index contributed by atoms with van der Waals surface area (Å²) in [6, 6.07) is 25.5. The molecule has 0 fully saturated rings. The topological polar surface area (TPSA) is 22.8 Å². The van der Waals surface area contributed by atoms with Crippen LogP contribution in [0.1, 0.15) is 48.1 Å². The first-order valence-corrected chi connectivity index (χ1v) is 13.6. The van der Waals surface area contributed by atoms with Gasteiger partial charge in [0.15, 0.2) is 0 Å². The SMILES string of the molecule is CCC(C)(F)c1cc2c(cc1-c1nccn1-c1c(C)cc(C)cc1C)c1ccccc1n2-c1cccc(C)c1. The van der Waals surface area contributed by atoms with E-state index >= 15 is 4.39 Å².